The summed E-state index contributed by atoms with van der Waals surface area (Å²) in [5, 5.41) is 0. The number of halogens is 3. The zero-order valence-electron chi connectivity index (χ0n) is 8.48. The highest BCUT2D eigenvalue weighted by molar-refractivity contribution is 5.79. The van der Waals surface area contributed by atoms with Crippen molar-refractivity contribution in [3.63, 3.8) is 0 Å². The minimum atomic E-state index is -4.25. The van der Waals surface area contributed by atoms with Crippen molar-refractivity contribution in [3.05, 3.63) is 0 Å². The molecule has 1 fully saturated rings. The number of amides is 1. The Kier molecular flexibility index (Phi) is 2.54. The topological polar surface area (TPSA) is 20.3 Å². The van der Waals surface area contributed by atoms with Crippen LogP contribution in [0.1, 0.15) is 27.2 Å². The molecule has 1 aliphatic rings. The van der Waals surface area contributed by atoms with Gasteiger partial charge in [-0.15, -0.1) is 0 Å². The van der Waals surface area contributed by atoms with Crippen molar-refractivity contribution in [2.75, 3.05) is 6.54 Å². The lowest BCUT2D eigenvalue weighted by atomic mass is 10.1. The summed E-state index contributed by atoms with van der Waals surface area (Å²) in [6, 6.07) is 0. The predicted octanol–water partition coefficient (Wildman–Crippen LogP) is 2.20. The van der Waals surface area contributed by atoms with Crippen LogP contribution in [-0.2, 0) is 4.79 Å². The molecule has 0 aromatic rings. The number of carbonyl (C=O) groups is 1. The lowest BCUT2D eigenvalue weighted by Crippen LogP contribution is -2.43. The predicted molar refractivity (Wildman–Crippen MR) is 45.6 cm³/mol. The van der Waals surface area contributed by atoms with E-state index in [2.05, 4.69) is 0 Å². The molecule has 2 nitrogen and oxygen atoms in total. The van der Waals surface area contributed by atoms with E-state index in [0.29, 0.717) is 0 Å². The Labute approximate surface area is 81.1 Å². The minimum absolute atomic E-state index is 0.203. The van der Waals surface area contributed by atoms with Crippen LogP contribution in [-0.4, -0.2) is 29.1 Å². The smallest absolute Gasteiger partial charge is 0.337 e. The first-order valence-corrected chi connectivity index (χ1v) is 4.49. The third-order valence-electron chi connectivity index (χ3n) is 2.40. The van der Waals surface area contributed by atoms with Crippen LogP contribution in [0.2, 0.25) is 0 Å². The maximum absolute atomic E-state index is 12.3. The zero-order valence-corrected chi connectivity index (χ0v) is 8.48. The first-order valence-electron chi connectivity index (χ1n) is 4.49. The molecule has 1 amide bonds. The molecule has 1 unspecified atom stereocenters. The van der Waals surface area contributed by atoms with E-state index in [9.17, 15) is 18.0 Å². The van der Waals surface area contributed by atoms with Gasteiger partial charge in [0.1, 0.15) is 0 Å². The van der Waals surface area contributed by atoms with Gasteiger partial charge in [-0.2, -0.15) is 13.2 Å². The molecular weight excluding hydrogens is 195 g/mol. The second-order valence-electron chi connectivity index (χ2n) is 4.62. The molecule has 0 aromatic heterocycles. The lowest BCUT2D eigenvalue weighted by molar-refractivity contribution is -0.171. The van der Waals surface area contributed by atoms with Crippen LogP contribution < -0.4 is 0 Å². The first-order chi connectivity index (χ1) is 6.12. The number of carbonyl (C=O) groups excluding carboxylic acids is 1. The van der Waals surface area contributed by atoms with E-state index in [4.69, 9.17) is 0 Å². The number of nitrogens with zero attached hydrogens (tertiary/aromatic N) is 1. The number of alkyl halides is 3. The third-order valence-corrected chi connectivity index (χ3v) is 2.40. The molecule has 1 rings (SSSR count). The van der Waals surface area contributed by atoms with Gasteiger partial charge in [-0.3, -0.25) is 4.79 Å². The van der Waals surface area contributed by atoms with Crippen LogP contribution in [0, 0.1) is 5.92 Å². The molecule has 5 heteroatoms. The van der Waals surface area contributed by atoms with E-state index in [1.807, 2.05) is 0 Å². The second kappa shape index (κ2) is 3.14. The van der Waals surface area contributed by atoms with Gasteiger partial charge < -0.3 is 4.90 Å². The molecule has 1 saturated heterocycles. The fraction of sp³-hybridized carbons (Fsp3) is 0.889. The highest BCUT2D eigenvalue weighted by Crippen LogP contribution is 2.36. The largest absolute Gasteiger partial charge is 0.394 e. The summed E-state index contributed by atoms with van der Waals surface area (Å²) < 4.78 is 37.0. The Morgan fingerprint density at radius 2 is 1.79 bits per heavy atom. The summed E-state index contributed by atoms with van der Waals surface area (Å²) in [6.45, 7) is 5.02. The summed E-state index contributed by atoms with van der Waals surface area (Å²) in [6.07, 6.45) is -4.66. The zero-order chi connectivity index (χ0) is 11.1. The number of hydrogen-bond acceptors (Lipinski definition) is 1. The van der Waals surface area contributed by atoms with Gasteiger partial charge in [-0.1, -0.05) is 0 Å². The number of likely N-dealkylation sites (tertiary alicyclic amines) is 1. The van der Waals surface area contributed by atoms with E-state index < -0.39 is 30.0 Å². The van der Waals surface area contributed by atoms with Crippen LogP contribution in [0.3, 0.4) is 0 Å². The maximum Gasteiger partial charge on any atom is 0.394 e. The Hall–Kier alpha value is -0.740. The molecular formula is C9H14F3NO. The molecule has 0 aromatic carbocycles. The van der Waals surface area contributed by atoms with E-state index in [0.717, 1.165) is 0 Å². The summed E-state index contributed by atoms with van der Waals surface area (Å²) >= 11 is 0. The molecule has 0 saturated carbocycles. The van der Waals surface area contributed by atoms with E-state index in [-0.39, 0.29) is 6.54 Å². The van der Waals surface area contributed by atoms with Crippen molar-refractivity contribution in [2.45, 2.75) is 38.9 Å². The Morgan fingerprint density at radius 1 is 1.29 bits per heavy atom. The van der Waals surface area contributed by atoms with Crippen molar-refractivity contribution in [1.29, 1.82) is 0 Å². The van der Waals surface area contributed by atoms with Gasteiger partial charge in [0.05, 0.1) is 5.92 Å². The normalized spacial score (nSPS) is 24.6. The molecule has 14 heavy (non-hydrogen) atoms. The second-order valence-corrected chi connectivity index (χ2v) is 4.62. The fourth-order valence-electron chi connectivity index (χ4n) is 1.57. The van der Waals surface area contributed by atoms with Gasteiger partial charge in [-0.25, -0.2) is 0 Å². The molecule has 0 radical (unpaired) electrons. The monoisotopic (exact) mass is 209 g/mol. The van der Waals surface area contributed by atoms with Crippen LogP contribution in [0.25, 0.3) is 0 Å². The summed E-state index contributed by atoms with van der Waals surface area (Å²) in [4.78, 5) is 12.6. The van der Waals surface area contributed by atoms with Crippen molar-refractivity contribution < 1.29 is 18.0 Å². The summed E-state index contributed by atoms with van der Waals surface area (Å²) in [7, 11) is 0. The first kappa shape index (κ1) is 11.3. The van der Waals surface area contributed by atoms with E-state index >= 15 is 0 Å². The Balaban J connectivity index is 2.75. The molecule has 82 valence electrons. The highest BCUT2D eigenvalue weighted by Gasteiger charge is 2.49. The average molecular weight is 209 g/mol. The highest BCUT2D eigenvalue weighted by atomic mass is 19.4. The summed E-state index contributed by atoms with van der Waals surface area (Å²) in [5.41, 5.74) is -0.517. The van der Waals surface area contributed by atoms with Crippen molar-refractivity contribution in [3.8, 4) is 0 Å². The Bertz CT molecular complexity index is 241. The van der Waals surface area contributed by atoms with Crippen LogP contribution in [0.4, 0.5) is 13.2 Å². The van der Waals surface area contributed by atoms with Gasteiger partial charge in [0.25, 0.3) is 0 Å². The van der Waals surface area contributed by atoms with Gasteiger partial charge in [0, 0.05) is 18.5 Å². The molecule has 0 spiro atoms. The van der Waals surface area contributed by atoms with Crippen molar-refractivity contribution in [2.24, 2.45) is 5.92 Å². The molecule has 1 heterocycles. The van der Waals surface area contributed by atoms with E-state index in [1.165, 1.54) is 4.90 Å². The average Bonchev–Trinajstić information content (AvgIpc) is 2.27. The van der Waals surface area contributed by atoms with Crippen molar-refractivity contribution in [1.82, 2.24) is 4.90 Å². The van der Waals surface area contributed by atoms with Crippen LogP contribution in [0.15, 0.2) is 0 Å². The quantitative estimate of drug-likeness (QED) is 0.599. The standard InChI is InChI=1S/C9H14F3NO/c1-8(2,3)13-5-6(4-7(13)14)9(10,11)12/h6H,4-5H2,1-3H3. The van der Waals surface area contributed by atoms with Gasteiger partial charge in [0.15, 0.2) is 0 Å². The molecule has 1 aliphatic heterocycles. The molecule has 0 bridgehead atoms. The summed E-state index contributed by atoms with van der Waals surface area (Å²) in [5.74, 6) is -1.89. The molecule has 1 atom stereocenters. The number of hydrogen-bond donors (Lipinski definition) is 0. The lowest BCUT2D eigenvalue weighted by Gasteiger charge is -2.32. The SMILES string of the molecule is CC(C)(C)N1CC(C(F)(F)F)CC1=O. The molecule has 0 aliphatic carbocycles. The van der Waals surface area contributed by atoms with Gasteiger partial charge in [-0.05, 0) is 20.8 Å². The van der Waals surface area contributed by atoms with E-state index in [1.54, 1.807) is 20.8 Å². The maximum atomic E-state index is 12.3. The Morgan fingerprint density at radius 3 is 2.00 bits per heavy atom. The van der Waals surface area contributed by atoms with Gasteiger partial charge >= 0.3 is 6.18 Å². The molecule has 0 N–H and O–H groups in total. The third kappa shape index (κ3) is 2.19. The fourth-order valence-corrected chi connectivity index (χ4v) is 1.57. The number of rotatable bonds is 0. The van der Waals surface area contributed by atoms with Crippen molar-refractivity contribution >= 4 is 5.91 Å². The van der Waals surface area contributed by atoms with Crippen LogP contribution >= 0.6 is 0 Å². The van der Waals surface area contributed by atoms with Gasteiger partial charge in [0.2, 0.25) is 5.91 Å². The minimum Gasteiger partial charge on any atom is -0.337 e. The van der Waals surface area contributed by atoms with Crippen LogP contribution in [0.5, 0.6) is 0 Å².